The summed E-state index contributed by atoms with van der Waals surface area (Å²) in [7, 11) is 0. The Morgan fingerprint density at radius 2 is 1.13 bits per heavy atom. The number of benzene rings is 4. The summed E-state index contributed by atoms with van der Waals surface area (Å²) >= 11 is 1.46. The van der Waals surface area contributed by atoms with E-state index in [0.29, 0.717) is 11.3 Å². The Bertz CT molecular complexity index is 2120. The van der Waals surface area contributed by atoms with Crippen LogP contribution < -0.4 is 24.8 Å². The van der Waals surface area contributed by atoms with E-state index in [1.165, 1.54) is 105 Å². The fraction of sp³-hybridized carbons (Fsp3) is 0.320. The molecule has 1 atom stereocenters. The summed E-state index contributed by atoms with van der Waals surface area (Å²) in [5.41, 5.74) is 14.8. The fourth-order valence-electron chi connectivity index (χ4n) is 8.33. The van der Waals surface area contributed by atoms with Crippen LogP contribution in [0.25, 0.3) is 32.7 Å². The molecule has 3 aliphatic rings. The number of hydrogen-bond donors (Lipinski definition) is 0. The molecule has 53 heavy (non-hydrogen) atoms. The van der Waals surface area contributed by atoms with Gasteiger partial charge in [0, 0.05) is 10.8 Å². The summed E-state index contributed by atoms with van der Waals surface area (Å²) in [4.78, 5) is 0. The molecule has 0 heterocycles. The minimum atomic E-state index is 0. The Morgan fingerprint density at radius 3 is 1.49 bits per heavy atom. The van der Waals surface area contributed by atoms with Crippen molar-refractivity contribution in [2.75, 3.05) is 0 Å². The fourth-order valence-corrected chi connectivity index (χ4v) is 9.15. The average molecular weight is 817 g/mol. The number of rotatable bonds is 3. The van der Waals surface area contributed by atoms with Gasteiger partial charge >= 0.3 is 99.2 Å². The Kier molecular flexibility index (Phi) is 13.2. The van der Waals surface area contributed by atoms with Gasteiger partial charge in [0.2, 0.25) is 0 Å². The zero-order valence-electron chi connectivity index (χ0n) is 33.4. The quantitative estimate of drug-likeness (QED) is 0.164. The second kappa shape index (κ2) is 16.4. The van der Waals surface area contributed by atoms with Crippen LogP contribution in [-0.4, -0.2) is 3.21 Å². The van der Waals surface area contributed by atoms with Crippen molar-refractivity contribution in [3.63, 3.8) is 0 Å². The molecular formula is C50H54Cl2Zr-2. The molecule has 0 aromatic heterocycles. The third kappa shape index (κ3) is 8.80. The van der Waals surface area contributed by atoms with Gasteiger partial charge in [0.15, 0.2) is 0 Å². The molecule has 0 aliphatic heterocycles. The van der Waals surface area contributed by atoms with Gasteiger partial charge in [0.25, 0.3) is 0 Å². The second-order valence-electron chi connectivity index (χ2n) is 16.9. The molecule has 274 valence electrons. The molecular weight excluding hydrogens is 763 g/mol. The van der Waals surface area contributed by atoms with E-state index in [1.54, 1.807) is 0 Å². The number of allylic oxidation sites excluding steroid dienone is 8. The Balaban J connectivity index is 0.000000192. The van der Waals surface area contributed by atoms with Gasteiger partial charge in [0.05, 0.1) is 0 Å². The Morgan fingerprint density at radius 1 is 0.717 bits per heavy atom. The molecule has 0 radical (unpaired) electrons. The molecule has 0 nitrogen and oxygen atoms in total. The van der Waals surface area contributed by atoms with Crippen LogP contribution in [0.15, 0.2) is 120 Å². The second-order valence-corrected chi connectivity index (χ2v) is 18.1. The van der Waals surface area contributed by atoms with Crippen LogP contribution in [0.4, 0.5) is 0 Å². The monoisotopic (exact) mass is 814 g/mol. The standard InChI is InChI=1S/C25H25.C13H10.C12H19.2ClH.Zr/c1-14-12-24(3,4)22-8-16-7-17-9-23-19(15(2)13-25(23,5)6)11-21(17)20(16)10-18(14)22;1-3-7-12(8-4-1)11-13-9-5-2-6-10-13;1-6-10-7-9(2)8-11(10)12(3,4)5;;;/h7-13H,1-6H3;1-10H;8-9H,6H2,1-5H3;2*1H;/q-1;;-1;;;+2/p-2. The number of fused-ring (bicyclic) bond motifs is 5. The zero-order valence-corrected chi connectivity index (χ0v) is 37.4. The molecule has 0 amide bonds. The van der Waals surface area contributed by atoms with Crippen molar-refractivity contribution in [3.8, 4) is 0 Å². The van der Waals surface area contributed by atoms with E-state index in [2.05, 4.69) is 191 Å². The topological polar surface area (TPSA) is 0 Å². The normalized spacial score (nSPS) is 17.4. The number of halogens is 2. The Hall–Kier alpha value is -2.96. The minimum absolute atomic E-state index is 0. The molecule has 0 saturated heterocycles. The van der Waals surface area contributed by atoms with E-state index in [0.717, 1.165) is 6.42 Å². The van der Waals surface area contributed by atoms with Gasteiger partial charge in [-0.3, -0.25) is 6.08 Å². The molecule has 5 aromatic rings. The van der Waals surface area contributed by atoms with Crippen LogP contribution in [0.1, 0.15) is 116 Å². The molecule has 0 spiro atoms. The number of hydrogen-bond acceptors (Lipinski definition) is 0. The van der Waals surface area contributed by atoms with Crippen molar-refractivity contribution in [2.45, 2.75) is 93.4 Å². The van der Waals surface area contributed by atoms with Crippen LogP contribution >= 0.6 is 0 Å². The SMILES string of the molecule is CC1=CC(C)(C)c2cc3[cH-]c4cc5c(cc4c3cc21)C(C)=CC5(C)C.CCC1=[C-]C(C)C=C1C(C)(C)C.[Cl-].[Cl-].[Zr+2]=[C](c1ccccc1)c1ccccc1. The first kappa shape index (κ1) is 42.8. The van der Waals surface area contributed by atoms with Crippen molar-refractivity contribution in [1.82, 2.24) is 0 Å². The van der Waals surface area contributed by atoms with Crippen LogP contribution in [0, 0.1) is 17.4 Å². The maximum absolute atomic E-state index is 3.48. The average Bonchev–Trinajstić information content (AvgIpc) is 3.78. The van der Waals surface area contributed by atoms with Gasteiger partial charge in [-0.05, 0) is 36.1 Å². The van der Waals surface area contributed by atoms with Gasteiger partial charge in [-0.25, -0.2) is 5.57 Å². The first-order valence-corrected chi connectivity index (χ1v) is 19.9. The summed E-state index contributed by atoms with van der Waals surface area (Å²) in [5.74, 6) is 0.522. The summed E-state index contributed by atoms with van der Waals surface area (Å²) < 4.78 is 1.42. The van der Waals surface area contributed by atoms with Gasteiger partial charge < -0.3 is 24.8 Å². The molecule has 3 aliphatic carbocycles. The third-order valence-electron chi connectivity index (χ3n) is 10.8. The molecule has 0 N–H and O–H groups in total. The molecule has 5 aromatic carbocycles. The van der Waals surface area contributed by atoms with Gasteiger partial charge in [-0.1, -0.05) is 115 Å². The predicted octanol–water partition coefficient (Wildman–Crippen LogP) is 7.66. The molecule has 8 rings (SSSR count). The molecule has 1 unspecified atom stereocenters. The predicted molar refractivity (Wildman–Crippen MR) is 220 cm³/mol. The van der Waals surface area contributed by atoms with Crippen molar-refractivity contribution in [1.29, 1.82) is 0 Å². The summed E-state index contributed by atoms with van der Waals surface area (Å²) in [6, 6.07) is 33.2. The van der Waals surface area contributed by atoms with E-state index in [9.17, 15) is 0 Å². The molecule has 3 heteroatoms. The summed E-state index contributed by atoms with van der Waals surface area (Å²) in [5, 5.41) is 5.57. The van der Waals surface area contributed by atoms with Crippen molar-refractivity contribution >= 4 is 35.9 Å². The van der Waals surface area contributed by atoms with E-state index in [-0.39, 0.29) is 35.6 Å². The van der Waals surface area contributed by atoms with E-state index in [4.69, 9.17) is 0 Å². The van der Waals surface area contributed by atoms with Gasteiger partial charge in [-0.15, -0.1) is 39.7 Å². The molecule has 0 fully saturated rings. The van der Waals surface area contributed by atoms with E-state index >= 15 is 0 Å². The van der Waals surface area contributed by atoms with E-state index in [1.807, 2.05) is 0 Å². The van der Waals surface area contributed by atoms with Crippen molar-refractivity contribution in [2.24, 2.45) is 11.3 Å². The van der Waals surface area contributed by atoms with E-state index < -0.39 is 0 Å². The zero-order chi connectivity index (χ0) is 36.9. The molecule has 0 bridgehead atoms. The van der Waals surface area contributed by atoms with Crippen LogP contribution in [0.3, 0.4) is 0 Å². The van der Waals surface area contributed by atoms with Crippen molar-refractivity contribution < 1.29 is 49.0 Å². The van der Waals surface area contributed by atoms with Crippen LogP contribution in [-0.2, 0) is 35.1 Å². The maximum atomic E-state index is 3.48. The third-order valence-corrected chi connectivity index (χ3v) is 12.2. The van der Waals surface area contributed by atoms with Crippen molar-refractivity contribution in [3.05, 3.63) is 160 Å². The first-order chi connectivity index (χ1) is 24.0. The first-order valence-electron chi connectivity index (χ1n) is 18.7. The summed E-state index contributed by atoms with van der Waals surface area (Å²) in [6.45, 7) is 25.0. The van der Waals surface area contributed by atoms with Gasteiger partial charge in [0.1, 0.15) is 0 Å². The summed E-state index contributed by atoms with van der Waals surface area (Å²) in [6.07, 6.45) is 11.8. The van der Waals surface area contributed by atoms with Crippen LogP contribution in [0.5, 0.6) is 0 Å². The van der Waals surface area contributed by atoms with Crippen LogP contribution in [0.2, 0.25) is 0 Å². The molecule has 0 saturated carbocycles. The van der Waals surface area contributed by atoms with Gasteiger partial charge in [-0.2, -0.15) is 11.6 Å². The Labute approximate surface area is 347 Å².